The highest BCUT2D eigenvalue weighted by Crippen LogP contribution is 2.32. The van der Waals surface area contributed by atoms with E-state index in [1.807, 2.05) is 0 Å². The Balaban J connectivity index is 3.37. The number of benzene rings is 1. The monoisotopic (exact) mass is 337 g/mol. The van der Waals surface area contributed by atoms with E-state index in [9.17, 15) is 20.0 Å². The first-order valence-corrected chi connectivity index (χ1v) is 5.65. The maximum Gasteiger partial charge on any atom is 0.271 e. The molecule has 1 rings (SSSR count). The number of ketones is 1. The maximum atomic E-state index is 11.3. The number of halogens is 2. The normalized spacial score (nSPS) is 10.0. The second kappa shape index (κ2) is 4.71. The number of alkyl halides is 1. The number of Topliss-reactive ketones (excluding diaryl/α,β-unsaturated/α-hetero) is 1. The van der Waals surface area contributed by atoms with E-state index in [-0.39, 0.29) is 26.8 Å². The third-order valence-corrected chi connectivity index (χ3v) is 2.79. The van der Waals surface area contributed by atoms with Crippen LogP contribution in [0.5, 0.6) is 5.75 Å². The molecule has 0 saturated heterocycles. The Bertz CT molecular complexity index is 433. The average molecular weight is 339 g/mol. The second-order valence-electron chi connectivity index (χ2n) is 2.64. The van der Waals surface area contributed by atoms with Gasteiger partial charge in [-0.3, -0.25) is 14.9 Å². The Morgan fingerprint density at radius 3 is 2.60 bits per heavy atom. The first kappa shape index (κ1) is 12.1. The number of nitro groups is 1. The summed E-state index contributed by atoms with van der Waals surface area (Å²) in [4.78, 5) is 21.2. The quantitative estimate of drug-likeness (QED) is 0.397. The lowest BCUT2D eigenvalue weighted by Gasteiger charge is -2.03. The third-order valence-electron chi connectivity index (χ3n) is 1.68. The zero-order chi connectivity index (χ0) is 11.6. The van der Waals surface area contributed by atoms with Crippen LogP contribution in [0, 0.1) is 10.1 Å². The van der Waals surface area contributed by atoms with Crippen LogP contribution in [0.4, 0.5) is 5.69 Å². The number of aromatic hydroxyl groups is 1. The van der Waals surface area contributed by atoms with Gasteiger partial charge in [-0.25, -0.2) is 0 Å². The van der Waals surface area contributed by atoms with Crippen LogP contribution in [-0.2, 0) is 0 Å². The van der Waals surface area contributed by atoms with Gasteiger partial charge in [-0.2, -0.15) is 0 Å². The van der Waals surface area contributed by atoms with Gasteiger partial charge in [-0.1, -0.05) is 15.9 Å². The molecule has 1 N–H and O–H groups in total. The van der Waals surface area contributed by atoms with Crippen molar-refractivity contribution in [2.45, 2.75) is 0 Å². The number of carbonyl (C=O) groups excluding carboxylic acids is 1. The fourth-order valence-corrected chi connectivity index (χ4v) is 1.72. The van der Waals surface area contributed by atoms with Gasteiger partial charge in [0.2, 0.25) is 0 Å². The van der Waals surface area contributed by atoms with Gasteiger partial charge in [0.15, 0.2) is 5.78 Å². The molecule has 80 valence electrons. The molecule has 0 heterocycles. The molecule has 1 aromatic carbocycles. The van der Waals surface area contributed by atoms with Crippen LogP contribution in [0.25, 0.3) is 0 Å². The minimum atomic E-state index is -0.630. The second-order valence-corrected chi connectivity index (χ2v) is 4.05. The van der Waals surface area contributed by atoms with E-state index in [1.165, 1.54) is 0 Å². The van der Waals surface area contributed by atoms with Crippen LogP contribution < -0.4 is 0 Å². The number of nitro benzene ring substituents is 1. The van der Waals surface area contributed by atoms with Crippen molar-refractivity contribution in [3.63, 3.8) is 0 Å². The topological polar surface area (TPSA) is 80.4 Å². The van der Waals surface area contributed by atoms with Gasteiger partial charge in [0.1, 0.15) is 5.75 Å². The molecule has 1 aromatic rings. The molecule has 0 aromatic heterocycles. The number of carbonyl (C=O) groups is 1. The molecule has 0 amide bonds. The smallest absolute Gasteiger partial charge is 0.271 e. The molecule has 15 heavy (non-hydrogen) atoms. The summed E-state index contributed by atoms with van der Waals surface area (Å²) in [5, 5.41) is 20.0. The van der Waals surface area contributed by atoms with Crippen molar-refractivity contribution < 1.29 is 14.8 Å². The number of rotatable bonds is 3. The summed E-state index contributed by atoms with van der Waals surface area (Å²) in [5.41, 5.74) is -0.322. The lowest BCUT2D eigenvalue weighted by molar-refractivity contribution is -0.385. The van der Waals surface area contributed by atoms with Crippen LogP contribution in [0.2, 0.25) is 0 Å². The molecule has 5 nitrogen and oxygen atoms in total. The third kappa shape index (κ3) is 2.54. The van der Waals surface area contributed by atoms with Crippen LogP contribution in [0.3, 0.4) is 0 Å². The summed E-state index contributed by atoms with van der Waals surface area (Å²) in [7, 11) is 0. The van der Waals surface area contributed by atoms with Gasteiger partial charge in [-0.05, 0) is 15.9 Å². The Labute approximate surface area is 102 Å². The average Bonchev–Trinajstić information content (AvgIpc) is 2.20. The van der Waals surface area contributed by atoms with Crippen molar-refractivity contribution in [1.82, 2.24) is 0 Å². The lowest BCUT2D eigenvalue weighted by Crippen LogP contribution is -2.02. The molecular weight excluding hydrogens is 334 g/mol. The summed E-state index contributed by atoms with van der Waals surface area (Å²) in [6, 6.07) is 2.18. The van der Waals surface area contributed by atoms with Crippen molar-refractivity contribution in [1.29, 1.82) is 0 Å². The van der Waals surface area contributed by atoms with E-state index in [1.54, 1.807) is 0 Å². The van der Waals surface area contributed by atoms with Crippen LogP contribution >= 0.6 is 31.9 Å². The molecule has 0 aliphatic rings. The highest BCUT2D eigenvalue weighted by atomic mass is 79.9. The minimum Gasteiger partial charge on any atom is -0.506 e. The van der Waals surface area contributed by atoms with Gasteiger partial charge >= 0.3 is 0 Å². The van der Waals surface area contributed by atoms with Gasteiger partial charge in [-0.15, -0.1) is 0 Å². The molecule has 0 radical (unpaired) electrons. The van der Waals surface area contributed by atoms with Gasteiger partial charge in [0.05, 0.1) is 20.3 Å². The first-order chi connectivity index (χ1) is 6.97. The molecule has 0 unspecified atom stereocenters. The van der Waals surface area contributed by atoms with Crippen LogP contribution in [0.15, 0.2) is 16.6 Å². The predicted molar refractivity (Wildman–Crippen MR) is 60.6 cm³/mol. The summed E-state index contributed by atoms with van der Waals surface area (Å²) >= 11 is 5.87. The summed E-state index contributed by atoms with van der Waals surface area (Å²) in [6.45, 7) is 0. The van der Waals surface area contributed by atoms with Crippen molar-refractivity contribution in [3.8, 4) is 5.75 Å². The molecule has 0 aliphatic heterocycles. The van der Waals surface area contributed by atoms with Crippen molar-refractivity contribution in [3.05, 3.63) is 32.3 Å². The van der Waals surface area contributed by atoms with E-state index in [4.69, 9.17) is 0 Å². The van der Waals surface area contributed by atoms with E-state index in [0.717, 1.165) is 12.1 Å². The number of phenols is 1. The molecule has 0 spiro atoms. The van der Waals surface area contributed by atoms with Crippen LogP contribution in [0.1, 0.15) is 10.4 Å². The Morgan fingerprint density at radius 1 is 1.53 bits per heavy atom. The van der Waals surface area contributed by atoms with Gasteiger partial charge < -0.3 is 5.11 Å². The van der Waals surface area contributed by atoms with E-state index >= 15 is 0 Å². The molecule has 0 aliphatic carbocycles. The number of non-ortho nitro benzene ring substituents is 1. The largest absolute Gasteiger partial charge is 0.506 e. The SMILES string of the molecule is O=C(CBr)c1cc([N+](=O)[O-])cc(Br)c1O. The molecule has 0 fully saturated rings. The first-order valence-electron chi connectivity index (χ1n) is 3.73. The summed E-state index contributed by atoms with van der Waals surface area (Å²) in [5.74, 6) is -0.707. The number of phenolic OH excluding ortho intramolecular Hbond substituents is 1. The number of nitrogens with zero attached hydrogens (tertiary/aromatic N) is 1. The molecular formula is C8H5Br2NO4. The molecule has 0 atom stereocenters. The molecule has 0 saturated carbocycles. The number of hydrogen-bond donors (Lipinski definition) is 1. The minimum absolute atomic E-state index is 0.00579. The predicted octanol–water partition coefficient (Wildman–Crippen LogP) is 2.64. The van der Waals surface area contributed by atoms with E-state index in [2.05, 4.69) is 31.9 Å². The lowest BCUT2D eigenvalue weighted by atomic mass is 10.1. The fraction of sp³-hybridized carbons (Fsp3) is 0.125. The summed E-state index contributed by atoms with van der Waals surface area (Å²) < 4.78 is 0.126. The summed E-state index contributed by atoms with van der Waals surface area (Å²) in [6.07, 6.45) is 0. The zero-order valence-corrected chi connectivity index (χ0v) is 10.4. The van der Waals surface area contributed by atoms with Crippen molar-refractivity contribution in [2.75, 3.05) is 5.33 Å². The molecule has 0 bridgehead atoms. The van der Waals surface area contributed by atoms with E-state index in [0.29, 0.717) is 0 Å². The standard InChI is InChI=1S/C8H5Br2NO4/c9-3-7(12)5-1-4(11(14)15)2-6(10)8(5)13/h1-2,13H,3H2. The Kier molecular flexibility index (Phi) is 3.81. The van der Waals surface area contributed by atoms with E-state index < -0.39 is 10.7 Å². The molecule has 7 heteroatoms. The Morgan fingerprint density at radius 2 is 2.13 bits per heavy atom. The van der Waals surface area contributed by atoms with Crippen molar-refractivity contribution in [2.24, 2.45) is 0 Å². The van der Waals surface area contributed by atoms with Gasteiger partial charge in [0.25, 0.3) is 5.69 Å². The highest BCUT2D eigenvalue weighted by molar-refractivity contribution is 9.10. The maximum absolute atomic E-state index is 11.3. The van der Waals surface area contributed by atoms with Crippen LogP contribution in [-0.4, -0.2) is 21.1 Å². The highest BCUT2D eigenvalue weighted by Gasteiger charge is 2.18. The fourth-order valence-electron chi connectivity index (χ4n) is 0.975. The van der Waals surface area contributed by atoms with Gasteiger partial charge in [0, 0.05) is 12.1 Å². The number of hydrogen-bond acceptors (Lipinski definition) is 4. The zero-order valence-electron chi connectivity index (χ0n) is 7.24. The van der Waals surface area contributed by atoms with Crippen molar-refractivity contribution >= 4 is 43.3 Å². The Hall–Kier alpha value is -0.950.